The molecule has 0 amide bonds. The number of hydrogen-bond donors (Lipinski definition) is 1. The minimum Gasteiger partial charge on any atom is -0.494 e. The average molecular weight is 265 g/mol. The van der Waals surface area contributed by atoms with Gasteiger partial charge in [0.15, 0.2) is 0 Å². The highest BCUT2D eigenvalue weighted by molar-refractivity contribution is 5.32. The molecule has 3 heteroatoms. The summed E-state index contributed by atoms with van der Waals surface area (Å²) in [6, 6.07) is 8.39. The summed E-state index contributed by atoms with van der Waals surface area (Å²) < 4.78 is 11.5. The summed E-state index contributed by atoms with van der Waals surface area (Å²) in [4.78, 5) is 0. The standard InChI is InChI=1S/C16H27NO2/c1-6-17-15(16(4,5)19-8-3)13-10-9-11-14(12-13)18-7-2/h9-12,15,17H,6-8H2,1-5H3. The molecule has 0 saturated carbocycles. The number of rotatable bonds is 8. The summed E-state index contributed by atoms with van der Waals surface area (Å²) in [5, 5.41) is 3.51. The highest BCUT2D eigenvalue weighted by atomic mass is 16.5. The molecule has 0 aliphatic carbocycles. The van der Waals surface area contributed by atoms with Gasteiger partial charge in [0.05, 0.1) is 18.2 Å². The maximum Gasteiger partial charge on any atom is 0.119 e. The van der Waals surface area contributed by atoms with Crippen molar-refractivity contribution in [1.82, 2.24) is 5.32 Å². The van der Waals surface area contributed by atoms with Crippen LogP contribution in [0.15, 0.2) is 24.3 Å². The first-order valence-corrected chi connectivity index (χ1v) is 7.15. The van der Waals surface area contributed by atoms with Crippen LogP contribution in [-0.2, 0) is 4.74 Å². The van der Waals surface area contributed by atoms with Gasteiger partial charge >= 0.3 is 0 Å². The van der Waals surface area contributed by atoms with E-state index < -0.39 is 0 Å². The van der Waals surface area contributed by atoms with E-state index in [1.54, 1.807) is 0 Å². The fourth-order valence-electron chi connectivity index (χ4n) is 2.38. The number of likely N-dealkylation sites (N-methyl/N-ethyl adjacent to an activating group) is 1. The van der Waals surface area contributed by atoms with Crippen molar-refractivity contribution in [3.63, 3.8) is 0 Å². The third kappa shape index (κ3) is 4.51. The molecule has 0 aromatic heterocycles. The first kappa shape index (κ1) is 16.0. The van der Waals surface area contributed by atoms with Crippen LogP contribution in [0.5, 0.6) is 5.75 Å². The zero-order chi connectivity index (χ0) is 14.3. The van der Waals surface area contributed by atoms with E-state index in [0.717, 1.165) is 12.3 Å². The van der Waals surface area contributed by atoms with Gasteiger partial charge in [-0.1, -0.05) is 19.1 Å². The largest absolute Gasteiger partial charge is 0.494 e. The molecule has 0 heterocycles. The third-order valence-corrected chi connectivity index (χ3v) is 3.12. The summed E-state index contributed by atoms with van der Waals surface area (Å²) in [7, 11) is 0. The van der Waals surface area contributed by atoms with Gasteiger partial charge in [0.25, 0.3) is 0 Å². The molecule has 0 fully saturated rings. The topological polar surface area (TPSA) is 30.5 Å². The maximum atomic E-state index is 5.89. The first-order valence-electron chi connectivity index (χ1n) is 7.15. The zero-order valence-corrected chi connectivity index (χ0v) is 12.8. The molecule has 0 spiro atoms. The van der Waals surface area contributed by atoms with Crippen molar-refractivity contribution in [1.29, 1.82) is 0 Å². The van der Waals surface area contributed by atoms with E-state index in [4.69, 9.17) is 9.47 Å². The van der Waals surface area contributed by atoms with Gasteiger partial charge < -0.3 is 14.8 Å². The number of ether oxygens (including phenoxy) is 2. The molecule has 0 bridgehead atoms. The average Bonchev–Trinajstić information content (AvgIpc) is 2.36. The number of hydrogen-bond acceptors (Lipinski definition) is 3. The van der Waals surface area contributed by atoms with Crippen LogP contribution in [0.2, 0.25) is 0 Å². The van der Waals surface area contributed by atoms with E-state index in [2.05, 4.69) is 38.2 Å². The third-order valence-electron chi connectivity index (χ3n) is 3.12. The summed E-state index contributed by atoms with van der Waals surface area (Å²) in [6.07, 6.45) is 0. The van der Waals surface area contributed by atoms with Gasteiger partial charge in [0.2, 0.25) is 0 Å². The Hall–Kier alpha value is -1.06. The SMILES string of the molecule is CCNC(c1cccc(OCC)c1)C(C)(C)OCC. The molecule has 108 valence electrons. The van der Waals surface area contributed by atoms with E-state index in [9.17, 15) is 0 Å². The summed E-state index contributed by atoms with van der Waals surface area (Å²) >= 11 is 0. The molecule has 0 aliphatic heterocycles. The van der Waals surface area contributed by atoms with Crippen LogP contribution in [0.1, 0.15) is 46.2 Å². The summed E-state index contributed by atoms with van der Waals surface area (Å²) in [6.45, 7) is 12.7. The van der Waals surface area contributed by atoms with Crippen molar-refractivity contribution in [2.45, 2.75) is 46.3 Å². The molecule has 1 aromatic rings. The molecule has 1 N–H and O–H groups in total. The molecular formula is C16H27NO2. The Morgan fingerprint density at radius 3 is 2.47 bits per heavy atom. The van der Waals surface area contributed by atoms with Gasteiger partial charge in [0, 0.05) is 6.61 Å². The fourth-order valence-corrected chi connectivity index (χ4v) is 2.38. The highest BCUT2D eigenvalue weighted by Crippen LogP contribution is 2.30. The van der Waals surface area contributed by atoms with E-state index in [1.165, 1.54) is 5.56 Å². The lowest BCUT2D eigenvalue weighted by molar-refractivity contribution is -0.0389. The molecule has 1 atom stereocenters. The molecule has 19 heavy (non-hydrogen) atoms. The Morgan fingerprint density at radius 2 is 1.89 bits per heavy atom. The predicted molar refractivity (Wildman–Crippen MR) is 79.7 cm³/mol. The van der Waals surface area contributed by atoms with Crippen LogP contribution in [0, 0.1) is 0 Å². The Bertz CT molecular complexity index is 377. The normalized spacial score (nSPS) is 13.3. The summed E-state index contributed by atoms with van der Waals surface area (Å²) in [5.41, 5.74) is 0.946. The number of nitrogens with one attached hydrogen (secondary N) is 1. The summed E-state index contributed by atoms with van der Waals surface area (Å²) in [5.74, 6) is 0.912. The molecule has 0 saturated heterocycles. The molecule has 0 radical (unpaired) electrons. The minimum absolute atomic E-state index is 0.151. The monoisotopic (exact) mass is 265 g/mol. The molecule has 3 nitrogen and oxygen atoms in total. The van der Waals surface area contributed by atoms with Crippen LogP contribution in [-0.4, -0.2) is 25.4 Å². The van der Waals surface area contributed by atoms with Gasteiger partial charge in [-0.2, -0.15) is 0 Å². The van der Waals surface area contributed by atoms with Gasteiger partial charge in [0.1, 0.15) is 5.75 Å². The van der Waals surface area contributed by atoms with E-state index in [1.807, 2.05) is 26.0 Å². The van der Waals surface area contributed by atoms with Crippen molar-refractivity contribution in [2.24, 2.45) is 0 Å². The van der Waals surface area contributed by atoms with Crippen molar-refractivity contribution >= 4 is 0 Å². The molecular weight excluding hydrogens is 238 g/mol. The van der Waals surface area contributed by atoms with Crippen molar-refractivity contribution < 1.29 is 9.47 Å². The second-order valence-electron chi connectivity index (χ2n) is 5.03. The second kappa shape index (κ2) is 7.51. The lowest BCUT2D eigenvalue weighted by Gasteiger charge is -2.35. The van der Waals surface area contributed by atoms with Crippen LogP contribution in [0.25, 0.3) is 0 Å². The Kier molecular flexibility index (Phi) is 6.32. The second-order valence-corrected chi connectivity index (χ2v) is 5.03. The van der Waals surface area contributed by atoms with Crippen LogP contribution in [0.3, 0.4) is 0 Å². The lowest BCUT2D eigenvalue weighted by Crippen LogP contribution is -2.41. The molecule has 1 unspecified atom stereocenters. The lowest BCUT2D eigenvalue weighted by atomic mass is 9.91. The molecule has 1 aromatic carbocycles. The smallest absolute Gasteiger partial charge is 0.119 e. The van der Waals surface area contributed by atoms with Crippen molar-refractivity contribution in [2.75, 3.05) is 19.8 Å². The Balaban J connectivity index is 3.01. The van der Waals surface area contributed by atoms with Crippen molar-refractivity contribution in [3.8, 4) is 5.75 Å². The fraction of sp³-hybridized carbons (Fsp3) is 0.625. The van der Waals surface area contributed by atoms with Gasteiger partial charge in [-0.3, -0.25) is 0 Å². The Morgan fingerprint density at radius 1 is 1.16 bits per heavy atom. The van der Waals surface area contributed by atoms with Gasteiger partial charge in [-0.25, -0.2) is 0 Å². The van der Waals surface area contributed by atoms with Crippen LogP contribution < -0.4 is 10.1 Å². The van der Waals surface area contributed by atoms with E-state index >= 15 is 0 Å². The van der Waals surface area contributed by atoms with Crippen LogP contribution >= 0.6 is 0 Å². The highest BCUT2D eigenvalue weighted by Gasteiger charge is 2.30. The Labute approximate surface area is 117 Å². The van der Waals surface area contributed by atoms with Crippen molar-refractivity contribution in [3.05, 3.63) is 29.8 Å². The molecule has 0 aliphatic rings. The molecule has 1 rings (SSSR count). The quantitative estimate of drug-likeness (QED) is 0.779. The van der Waals surface area contributed by atoms with E-state index in [0.29, 0.717) is 13.2 Å². The van der Waals surface area contributed by atoms with Gasteiger partial charge in [-0.05, 0) is 51.9 Å². The number of benzene rings is 1. The van der Waals surface area contributed by atoms with E-state index in [-0.39, 0.29) is 11.6 Å². The predicted octanol–water partition coefficient (Wildman–Crippen LogP) is 3.55. The van der Waals surface area contributed by atoms with Crippen LogP contribution in [0.4, 0.5) is 0 Å². The maximum absolute atomic E-state index is 5.89. The first-order chi connectivity index (χ1) is 9.05. The zero-order valence-electron chi connectivity index (χ0n) is 12.8. The van der Waals surface area contributed by atoms with Gasteiger partial charge in [-0.15, -0.1) is 0 Å². The minimum atomic E-state index is -0.254.